The maximum Gasteiger partial charge on any atom is 1.00 e. The second kappa shape index (κ2) is 11.5. The summed E-state index contributed by atoms with van der Waals surface area (Å²) < 4.78 is 33.1. The summed E-state index contributed by atoms with van der Waals surface area (Å²) in [5.41, 5.74) is 6.42. The monoisotopic (exact) mass is 368 g/mol. The van der Waals surface area contributed by atoms with Crippen LogP contribution in [-0.2, 0) is 15.1 Å². The Morgan fingerprint density at radius 3 is 1.96 bits per heavy atom. The molecule has 0 aromatic heterocycles. The summed E-state index contributed by atoms with van der Waals surface area (Å²) in [7, 11) is -0.904. The van der Waals surface area contributed by atoms with Gasteiger partial charge in [-0.3, -0.25) is 4.79 Å². The Bertz CT molecular complexity index is 632. The maximum absolute atomic E-state index is 10.2. The fraction of sp³-hybridized carbons (Fsp3) is 0.462. The summed E-state index contributed by atoms with van der Waals surface area (Å²) in [6, 6.07) is 5.92. The van der Waals surface area contributed by atoms with Crippen LogP contribution in [0.1, 0.15) is 13.8 Å². The summed E-state index contributed by atoms with van der Waals surface area (Å²) in [5.74, 6) is -0.910. The minimum atomic E-state index is -4.65. The Balaban J connectivity index is 0. The second-order valence-corrected chi connectivity index (χ2v) is 6.15. The van der Waals surface area contributed by atoms with Crippen LogP contribution in [0.4, 0.5) is 11.4 Å². The van der Waals surface area contributed by atoms with Gasteiger partial charge in [-0.15, -0.1) is 5.11 Å². The van der Waals surface area contributed by atoms with Gasteiger partial charge in [-0.2, -0.15) is 0 Å². The van der Waals surface area contributed by atoms with Gasteiger partial charge in [0.2, 0.25) is 10.3 Å². The Kier molecular flexibility index (Phi) is 12.1. The van der Waals surface area contributed by atoms with Gasteiger partial charge in [0.05, 0.1) is 5.69 Å². The van der Waals surface area contributed by atoms with Gasteiger partial charge in [-0.05, 0) is 30.2 Å². The number of hydrogen-bond acceptors (Lipinski definition) is 7. The van der Waals surface area contributed by atoms with Gasteiger partial charge in [0.1, 0.15) is 6.04 Å². The first-order valence-electron chi connectivity index (χ1n) is 6.58. The molecule has 0 amide bonds. The fourth-order valence-electron chi connectivity index (χ4n) is 1.20. The zero-order chi connectivity index (χ0) is 18.2. The molecule has 11 heteroatoms. The molecule has 24 heavy (non-hydrogen) atoms. The molecule has 9 nitrogen and oxygen atoms in total. The van der Waals surface area contributed by atoms with Crippen molar-refractivity contribution >= 4 is 27.6 Å². The van der Waals surface area contributed by atoms with E-state index in [1.54, 1.807) is 38.1 Å². The van der Waals surface area contributed by atoms with Crippen molar-refractivity contribution in [3.63, 3.8) is 0 Å². The van der Waals surface area contributed by atoms with Crippen molar-refractivity contribution in [3.8, 4) is 0 Å². The molecule has 0 bridgehead atoms. The number of carboxylic acids is 1. The SMILES string of the molecule is CC(C)[C@H](N)C(=O)O.CN(C)c1ccc(N=NS(=O)(=O)[O-])cc1.[Na+]. The van der Waals surface area contributed by atoms with E-state index in [0.717, 1.165) is 5.69 Å². The number of nitrogens with two attached hydrogens (primary N) is 1. The van der Waals surface area contributed by atoms with E-state index in [9.17, 15) is 17.8 Å². The third kappa shape index (κ3) is 11.5. The molecule has 0 saturated carbocycles. The first-order valence-corrected chi connectivity index (χ1v) is 7.95. The van der Waals surface area contributed by atoms with Crippen LogP contribution in [0.15, 0.2) is 33.9 Å². The molecular weight excluding hydrogens is 347 g/mol. The molecule has 0 heterocycles. The summed E-state index contributed by atoms with van der Waals surface area (Å²) >= 11 is 0. The average Bonchev–Trinajstić information content (AvgIpc) is 2.44. The molecule has 1 aromatic carbocycles. The molecule has 1 atom stereocenters. The molecule has 0 aliphatic rings. The van der Waals surface area contributed by atoms with E-state index in [-0.39, 0.29) is 35.5 Å². The fourth-order valence-corrected chi connectivity index (χ4v) is 1.39. The van der Waals surface area contributed by atoms with Gasteiger partial charge in [0.25, 0.3) is 0 Å². The molecule has 1 rings (SSSR count). The normalized spacial score (nSPS) is 12.1. The van der Waals surface area contributed by atoms with Crippen molar-refractivity contribution in [2.24, 2.45) is 21.3 Å². The number of aliphatic carboxylic acids is 1. The minimum Gasteiger partial charge on any atom is -0.728 e. The number of carboxylic acid groups (broad SMARTS) is 1. The van der Waals surface area contributed by atoms with E-state index >= 15 is 0 Å². The molecule has 0 fully saturated rings. The van der Waals surface area contributed by atoms with E-state index in [1.165, 1.54) is 0 Å². The molecule has 0 radical (unpaired) electrons. The number of carbonyl (C=O) groups is 1. The van der Waals surface area contributed by atoms with E-state index in [0.29, 0.717) is 5.69 Å². The van der Waals surface area contributed by atoms with Gasteiger partial charge in [-0.25, -0.2) is 8.42 Å². The maximum atomic E-state index is 10.2. The predicted octanol–water partition coefficient (Wildman–Crippen LogP) is -1.65. The molecule has 0 aliphatic carbocycles. The average molecular weight is 368 g/mol. The largest absolute Gasteiger partial charge is 1.00 e. The molecule has 0 aliphatic heterocycles. The summed E-state index contributed by atoms with van der Waals surface area (Å²) in [5, 5.41) is 11.5. The van der Waals surface area contributed by atoms with Crippen LogP contribution < -0.4 is 40.2 Å². The molecule has 0 saturated heterocycles. The van der Waals surface area contributed by atoms with Gasteiger partial charge in [0, 0.05) is 19.8 Å². The van der Waals surface area contributed by atoms with E-state index < -0.39 is 22.3 Å². The van der Waals surface area contributed by atoms with Crippen LogP contribution in [0.25, 0.3) is 0 Å². The van der Waals surface area contributed by atoms with Crippen molar-refractivity contribution in [1.29, 1.82) is 0 Å². The first kappa shape index (κ1) is 25.2. The molecular formula is C13H21N4NaO5S. The van der Waals surface area contributed by atoms with Crippen molar-refractivity contribution in [2.75, 3.05) is 19.0 Å². The Hall–Kier alpha value is -1.04. The summed E-state index contributed by atoms with van der Waals surface area (Å²) in [6.45, 7) is 3.55. The van der Waals surface area contributed by atoms with Crippen LogP contribution in [0.2, 0.25) is 0 Å². The van der Waals surface area contributed by atoms with Crippen molar-refractivity contribution in [3.05, 3.63) is 24.3 Å². The number of anilines is 1. The van der Waals surface area contributed by atoms with Crippen LogP contribution in [0, 0.1) is 5.92 Å². The topological polar surface area (TPSA) is 148 Å². The molecule has 0 unspecified atom stereocenters. The zero-order valence-corrected chi connectivity index (χ0v) is 17.2. The Labute approximate surface area is 164 Å². The van der Waals surface area contributed by atoms with Gasteiger partial charge >= 0.3 is 35.5 Å². The number of nitrogens with zero attached hydrogens (tertiary/aromatic N) is 3. The van der Waals surface area contributed by atoms with Crippen molar-refractivity contribution in [1.82, 2.24) is 0 Å². The zero-order valence-electron chi connectivity index (χ0n) is 14.4. The van der Waals surface area contributed by atoms with Crippen LogP contribution in [0.5, 0.6) is 0 Å². The van der Waals surface area contributed by atoms with Crippen LogP contribution >= 0.6 is 0 Å². The van der Waals surface area contributed by atoms with Gasteiger partial charge in [-0.1, -0.05) is 18.4 Å². The van der Waals surface area contributed by atoms with Crippen molar-refractivity contribution < 1.29 is 52.4 Å². The Morgan fingerprint density at radius 2 is 1.71 bits per heavy atom. The van der Waals surface area contributed by atoms with E-state index in [2.05, 4.69) is 9.63 Å². The van der Waals surface area contributed by atoms with Crippen LogP contribution in [0.3, 0.4) is 0 Å². The quantitative estimate of drug-likeness (QED) is 0.359. The number of rotatable bonds is 5. The van der Waals surface area contributed by atoms with E-state index in [4.69, 9.17) is 10.8 Å². The van der Waals surface area contributed by atoms with Crippen LogP contribution in [-0.4, -0.2) is 44.2 Å². The van der Waals surface area contributed by atoms with Crippen molar-refractivity contribution in [2.45, 2.75) is 19.9 Å². The predicted molar refractivity (Wildman–Crippen MR) is 85.4 cm³/mol. The molecule has 3 N–H and O–H groups in total. The van der Waals surface area contributed by atoms with E-state index in [1.807, 2.05) is 19.0 Å². The minimum absolute atomic E-state index is 0. The van der Waals surface area contributed by atoms with Gasteiger partial charge < -0.3 is 20.3 Å². The Morgan fingerprint density at radius 1 is 1.25 bits per heavy atom. The van der Waals surface area contributed by atoms with Gasteiger partial charge in [0.15, 0.2) is 0 Å². The first-order chi connectivity index (χ1) is 10.4. The molecule has 1 aromatic rings. The number of benzene rings is 1. The smallest absolute Gasteiger partial charge is 0.728 e. The summed E-state index contributed by atoms with van der Waals surface area (Å²) in [4.78, 5) is 11.9. The summed E-state index contributed by atoms with van der Waals surface area (Å²) in [6.07, 6.45) is 0. The third-order valence-corrected chi connectivity index (χ3v) is 2.91. The molecule has 130 valence electrons. The standard InChI is InChI=1S/C8H11N3O3S.C5H11NO2.Na/c1-11(2)8-5-3-7(4-6-8)9-10-15(12,13)14;1-3(2)4(6)5(7)8;/h3-6H,1-2H3,(H,12,13,14);3-4H,6H2,1-2H3,(H,7,8);/q;;+1/p-1/t;4-;/m.0./s1. The second-order valence-electron chi connectivity index (χ2n) is 5.13. The molecule has 0 spiro atoms. The number of hydrogen-bond donors (Lipinski definition) is 2. The third-order valence-electron chi connectivity index (χ3n) is 2.63.